The minimum Gasteiger partial charge on any atom is -0.335 e. The number of rotatable bonds is 5. The summed E-state index contributed by atoms with van der Waals surface area (Å²) in [5.41, 5.74) is 2.35. The quantitative estimate of drug-likeness (QED) is 0.605. The summed E-state index contributed by atoms with van der Waals surface area (Å²) in [5.74, 6) is 1.87. The first-order valence-corrected chi connectivity index (χ1v) is 7.20. The number of quaternary nitrogens is 2. The molecule has 0 aromatic heterocycles. The van der Waals surface area contributed by atoms with Gasteiger partial charge in [0.2, 0.25) is 0 Å². The third-order valence-corrected chi connectivity index (χ3v) is 5.14. The van der Waals surface area contributed by atoms with Crippen molar-refractivity contribution < 1.29 is 9.80 Å². The van der Waals surface area contributed by atoms with Crippen molar-refractivity contribution in [2.75, 3.05) is 40.8 Å². The van der Waals surface area contributed by atoms with Crippen LogP contribution in [0.2, 0.25) is 0 Å². The van der Waals surface area contributed by atoms with Crippen LogP contribution in [-0.2, 0) is 0 Å². The second-order valence-corrected chi connectivity index (χ2v) is 7.16. The topological polar surface area (TPSA) is 8.88 Å². The molecule has 17 heavy (non-hydrogen) atoms. The van der Waals surface area contributed by atoms with Gasteiger partial charge in [0.25, 0.3) is 0 Å². The number of fused-ring (bicyclic) bond motifs is 1. The molecule has 3 aliphatic carbocycles. The van der Waals surface area contributed by atoms with Crippen molar-refractivity contribution in [1.29, 1.82) is 0 Å². The molecular weight excluding hydrogens is 208 g/mol. The van der Waals surface area contributed by atoms with Gasteiger partial charge in [-0.1, -0.05) is 19.9 Å². The fraction of sp³-hybridized carbons (Fsp3) is 0.867. The minimum atomic E-state index is 0.594. The van der Waals surface area contributed by atoms with E-state index in [-0.39, 0.29) is 0 Å². The second-order valence-electron chi connectivity index (χ2n) is 7.16. The van der Waals surface area contributed by atoms with Crippen molar-refractivity contribution in [3.05, 3.63) is 11.6 Å². The van der Waals surface area contributed by atoms with Gasteiger partial charge in [0.05, 0.1) is 27.7 Å². The van der Waals surface area contributed by atoms with Crippen LogP contribution in [0, 0.1) is 17.3 Å². The molecule has 0 aliphatic heterocycles. The molecular formula is C15H30N2+2. The Labute approximate surface area is 107 Å². The summed E-state index contributed by atoms with van der Waals surface area (Å²) < 4.78 is 0. The molecule has 3 aliphatic rings. The molecule has 0 aromatic carbocycles. The zero-order chi connectivity index (χ0) is 12.6. The largest absolute Gasteiger partial charge is 0.335 e. The van der Waals surface area contributed by atoms with Crippen molar-refractivity contribution in [3.8, 4) is 0 Å². The molecule has 1 saturated carbocycles. The average Bonchev–Trinajstić information content (AvgIpc) is 2.26. The molecule has 2 N–H and O–H groups in total. The van der Waals surface area contributed by atoms with E-state index < -0.39 is 0 Å². The molecule has 0 aromatic rings. The van der Waals surface area contributed by atoms with E-state index in [4.69, 9.17) is 0 Å². The summed E-state index contributed by atoms with van der Waals surface area (Å²) in [4.78, 5) is 3.24. The maximum atomic E-state index is 2.55. The molecule has 0 spiro atoms. The monoisotopic (exact) mass is 238 g/mol. The molecule has 1 unspecified atom stereocenters. The maximum Gasteiger partial charge on any atom is 0.127 e. The van der Waals surface area contributed by atoms with E-state index in [9.17, 15) is 0 Å². The highest BCUT2D eigenvalue weighted by Gasteiger charge is 2.51. The summed E-state index contributed by atoms with van der Waals surface area (Å²) >= 11 is 0. The van der Waals surface area contributed by atoms with Crippen LogP contribution in [0.25, 0.3) is 0 Å². The van der Waals surface area contributed by atoms with E-state index in [0.29, 0.717) is 5.41 Å². The molecule has 3 atom stereocenters. The van der Waals surface area contributed by atoms with Gasteiger partial charge in [-0.15, -0.1) is 0 Å². The summed E-state index contributed by atoms with van der Waals surface area (Å²) in [6, 6.07) is 0. The Morgan fingerprint density at radius 1 is 1.24 bits per heavy atom. The number of likely N-dealkylation sites (N-methyl/N-ethyl adjacent to an activating group) is 2. The van der Waals surface area contributed by atoms with Crippen LogP contribution in [0.15, 0.2) is 11.6 Å². The molecule has 0 heterocycles. The molecule has 1 fully saturated rings. The Hall–Kier alpha value is -0.340. The number of nitrogens with one attached hydrogen (secondary N) is 2. The van der Waals surface area contributed by atoms with Gasteiger partial charge in [-0.25, -0.2) is 0 Å². The summed E-state index contributed by atoms with van der Waals surface area (Å²) in [7, 11) is 6.83. The first kappa shape index (κ1) is 13.1. The number of hydrogen-bond donors (Lipinski definition) is 2. The number of hydrogen-bond acceptors (Lipinski definition) is 0. The lowest BCUT2D eigenvalue weighted by Gasteiger charge is -2.56. The number of allylic oxidation sites excluding steroid dienone is 1. The highest BCUT2D eigenvalue weighted by molar-refractivity contribution is 5.23. The maximum absolute atomic E-state index is 2.55. The molecule has 2 bridgehead atoms. The van der Waals surface area contributed by atoms with Gasteiger partial charge in [-0.2, -0.15) is 0 Å². The molecule has 2 nitrogen and oxygen atoms in total. The van der Waals surface area contributed by atoms with Crippen molar-refractivity contribution in [3.63, 3.8) is 0 Å². The van der Waals surface area contributed by atoms with E-state index in [2.05, 4.69) is 41.1 Å². The Morgan fingerprint density at radius 3 is 2.47 bits per heavy atom. The summed E-state index contributed by atoms with van der Waals surface area (Å²) in [6.07, 6.45) is 5.35. The van der Waals surface area contributed by atoms with Gasteiger partial charge < -0.3 is 9.80 Å². The van der Waals surface area contributed by atoms with Crippen molar-refractivity contribution in [2.24, 2.45) is 17.3 Å². The average molecular weight is 238 g/mol. The van der Waals surface area contributed by atoms with Gasteiger partial charge in [0.15, 0.2) is 0 Å². The van der Waals surface area contributed by atoms with Crippen molar-refractivity contribution in [1.82, 2.24) is 0 Å². The Balaban J connectivity index is 1.85. The zero-order valence-electron chi connectivity index (χ0n) is 12.3. The zero-order valence-corrected chi connectivity index (χ0v) is 12.3. The molecule has 0 amide bonds. The summed E-state index contributed by atoms with van der Waals surface area (Å²) in [5, 5.41) is 0. The van der Waals surface area contributed by atoms with E-state index >= 15 is 0 Å². The minimum absolute atomic E-state index is 0.594. The lowest BCUT2D eigenvalue weighted by Crippen LogP contribution is -3.16. The fourth-order valence-electron chi connectivity index (χ4n) is 3.58. The van der Waals surface area contributed by atoms with Crippen molar-refractivity contribution >= 4 is 0 Å². The third-order valence-electron chi connectivity index (χ3n) is 5.14. The van der Waals surface area contributed by atoms with E-state index in [1.54, 1.807) is 15.4 Å². The predicted molar refractivity (Wildman–Crippen MR) is 72.4 cm³/mol. The molecule has 0 radical (unpaired) electrons. The highest BCUT2D eigenvalue weighted by atomic mass is 15.1. The normalized spacial score (nSPS) is 32.0. The van der Waals surface area contributed by atoms with Crippen LogP contribution >= 0.6 is 0 Å². The van der Waals surface area contributed by atoms with Gasteiger partial charge in [-0.3, -0.25) is 0 Å². The molecule has 0 saturated heterocycles. The van der Waals surface area contributed by atoms with Crippen LogP contribution in [0.3, 0.4) is 0 Å². The standard InChI is InChI=1S/C15H28N2/c1-15(2)13-7-6-12(14(15)10-13)11-17(5)9-8-16(3)4/h6,13-14H,7-11H2,1-5H3/p+2/t13-,14-/m1/s1. The van der Waals surface area contributed by atoms with Crippen LogP contribution in [0.1, 0.15) is 26.7 Å². The summed E-state index contributed by atoms with van der Waals surface area (Å²) in [6.45, 7) is 8.77. The first-order chi connectivity index (χ1) is 7.91. The van der Waals surface area contributed by atoms with Crippen LogP contribution in [0.5, 0.6) is 0 Å². The van der Waals surface area contributed by atoms with E-state index in [0.717, 1.165) is 11.8 Å². The molecule has 98 valence electrons. The Morgan fingerprint density at radius 2 is 1.94 bits per heavy atom. The van der Waals surface area contributed by atoms with Gasteiger partial charge in [-0.05, 0) is 35.7 Å². The predicted octanol–water partition coefficient (Wildman–Crippen LogP) is -0.362. The lowest BCUT2D eigenvalue weighted by molar-refractivity contribution is -0.927. The molecule has 2 heteroatoms. The van der Waals surface area contributed by atoms with Crippen LogP contribution in [-0.4, -0.2) is 40.8 Å². The smallest absolute Gasteiger partial charge is 0.127 e. The third kappa shape index (κ3) is 2.58. The Kier molecular flexibility index (Phi) is 3.65. The van der Waals surface area contributed by atoms with E-state index in [1.807, 2.05) is 0 Å². The fourth-order valence-corrected chi connectivity index (χ4v) is 3.58. The van der Waals surface area contributed by atoms with Crippen molar-refractivity contribution in [2.45, 2.75) is 26.7 Å². The van der Waals surface area contributed by atoms with Crippen LogP contribution < -0.4 is 9.80 Å². The van der Waals surface area contributed by atoms with Crippen LogP contribution in [0.4, 0.5) is 0 Å². The second kappa shape index (κ2) is 4.74. The first-order valence-electron chi connectivity index (χ1n) is 7.20. The van der Waals surface area contributed by atoms with Gasteiger partial charge in [0.1, 0.15) is 13.1 Å². The Bertz CT molecular complexity index is 304. The molecule has 3 rings (SSSR count). The highest BCUT2D eigenvalue weighted by Crippen LogP contribution is 2.58. The van der Waals surface area contributed by atoms with E-state index in [1.165, 1.54) is 32.5 Å². The SMILES string of the molecule is C[NH+](C)CC[NH+](C)CC1=CC[C@@H]2C[C@H]1C2(C)C. The van der Waals surface area contributed by atoms with Gasteiger partial charge >= 0.3 is 0 Å². The van der Waals surface area contributed by atoms with Gasteiger partial charge in [0, 0.05) is 0 Å². The lowest BCUT2D eigenvalue weighted by atomic mass is 9.49.